The Morgan fingerprint density at radius 1 is 1.33 bits per heavy atom. The van der Waals surface area contributed by atoms with Crippen molar-refractivity contribution in [3.8, 4) is 5.75 Å². The van der Waals surface area contributed by atoms with Crippen LogP contribution in [0.25, 0.3) is 0 Å². The van der Waals surface area contributed by atoms with Crippen LogP contribution >= 0.6 is 0 Å². The summed E-state index contributed by atoms with van der Waals surface area (Å²) in [5, 5.41) is 14.9. The number of hydrogen-bond donors (Lipinski definition) is 3. The van der Waals surface area contributed by atoms with Gasteiger partial charge >= 0.3 is 0 Å². The molecular formula is C13H21N3O2. The maximum Gasteiger partial charge on any atom is 0.191 e. The molecule has 0 aliphatic heterocycles. The maximum absolute atomic E-state index is 8.79. The molecule has 0 aliphatic carbocycles. The van der Waals surface area contributed by atoms with Gasteiger partial charge < -0.3 is 20.5 Å². The Labute approximate surface area is 108 Å². The van der Waals surface area contributed by atoms with Crippen molar-refractivity contribution < 1.29 is 9.84 Å². The summed E-state index contributed by atoms with van der Waals surface area (Å²) >= 11 is 0. The van der Waals surface area contributed by atoms with Gasteiger partial charge in [-0.1, -0.05) is 18.2 Å². The normalized spacial score (nSPS) is 11.2. The van der Waals surface area contributed by atoms with Crippen molar-refractivity contribution in [1.82, 2.24) is 10.6 Å². The van der Waals surface area contributed by atoms with Crippen LogP contribution in [-0.2, 0) is 6.54 Å². The smallest absolute Gasteiger partial charge is 0.191 e. The third kappa shape index (κ3) is 4.63. The van der Waals surface area contributed by atoms with Crippen LogP contribution in [-0.4, -0.2) is 37.9 Å². The number of ether oxygens (including phenoxy) is 1. The second kappa shape index (κ2) is 8.36. The lowest BCUT2D eigenvalue weighted by molar-refractivity contribution is 0.300. The largest absolute Gasteiger partial charge is 0.496 e. The van der Waals surface area contributed by atoms with Gasteiger partial charge in [-0.2, -0.15) is 0 Å². The van der Waals surface area contributed by atoms with Crippen molar-refractivity contribution in [3.63, 3.8) is 0 Å². The summed E-state index contributed by atoms with van der Waals surface area (Å²) in [6.07, 6.45) is 0. The Morgan fingerprint density at radius 3 is 2.78 bits per heavy atom. The van der Waals surface area contributed by atoms with Crippen LogP contribution < -0.4 is 15.4 Å². The highest BCUT2D eigenvalue weighted by Crippen LogP contribution is 2.17. The van der Waals surface area contributed by atoms with E-state index in [2.05, 4.69) is 15.6 Å². The molecule has 0 atom stereocenters. The zero-order valence-corrected chi connectivity index (χ0v) is 10.9. The molecule has 0 fully saturated rings. The van der Waals surface area contributed by atoms with Crippen molar-refractivity contribution in [2.45, 2.75) is 13.5 Å². The van der Waals surface area contributed by atoms with Gasteiger partial charge in [0.1, 0.15) is 5.75 Å². The minimum atomic E-state index is 0.0824. The van der Waals surface area contributed by atoms with E-state index < -0.39 is 0 Å². The van der Waals surface area contributed by atoms with E-state index in [0.29, 0.717) is 19.0 Å². The number of hydrogen-bond acceptors (Lipinski definition) is 3. The first-order valence-electron chi connectivity index (χ1n) is 6.06. The van der Waals surface area contributed by atoms with E-state index in [1.807, 2.05) is 31.2 Å². The number of aliphatic imine (C=N–C) groups is 1. The van der Waals surface area contributed by atoms with E-state index in [0.717, 1.165) is 17.9 Å². The van der Waals surface area contributed by atoms with Crippen LogP contribution in [0.5, 0.6) is 5.75 Å². The highest BCUT2D eigenvalue weighted by Gasteiger charge is 2.01. The van der Waals surface area contributed by atoms with E-state index in [-0.39, 0.29) is 6.61 Å². The highest BCUT2D eigenvalue weighted by molar-refractivity contribution is 5.79. The zero-order valence-electron chi connectivity index (χ0n) is 10.9. The third-order valence-corrected chi connectivity index (χ3v) is 2.35. The minimum absolute atomic E-state index is 0.0824. The predicted molar refractivity (Wildman–Crippen MR) is 72.9 cm³/mol. The SMILES string of the molecule is CCNC(=NCc1ccccc1OC)NCCO. The monoisotopic (exact) mass is 251 g/mol. The zero-order chi connectivity index (χ0) is 13.2. The van der Waals surface area contributed by atoms with Crippen LogP contribution in [0.2, 0.25) is 0 Å². The molecule has 1 rings (SSSR count). The molecule has 18 heavy (non-hydrogen) atoms. The predicted octanol–water partition coefficient (Wildman–Crippen LogP) is 0.743. The summed E-state index contributed by atoms with van der Waals surface area (Å²) in [6, 6.07) is 7.79. The number of rotatable bonds is 6. The molecule has 1 aromatic carbocycles. The molecule has 0 saturated heterocycles. The minimum Gasteiger partial charge on any atom is -0.496 e. The molecule has 0 unspecified atom stereocenters. The fourth-order valence-corrected chi connectivity index (χ4v) is 1.51. The van der Waals surface area contributed by atoms with Gasteiger partial charge in [-0.3, -0.25) is 0 Å². The summed E-state index contributed by atoms with van der Waals surface area (Å²) in [5.74, 6) is 1.52. The Kier molecular flexibility index (Phi) is 6.64. The molecule has 0 saturated carbocycles. The van der Waals surface area contributed by atoms with E-state index in [4.69, 9.17) is 9.84 Å². The lowest BCUT2D eigenvalue weighted by atomic mass is 10.2. The molecule has 0 aromatic heterocycles. The fraction of sp³-hybridized carbons (Fsp3) is 0.462. The molecule has 100 valence electrons. The molecule has 0 radical (unpaired) electrons. The lowest BCUT2D eigenvalue weighted by Gasteiger charge is -2.11. The van der Waals surface area contributed by atoms with Gasteiger partial charge in [0.2, 0.25) is 0 Å². The number of nitrogens with zero attached hydrogens (tertiary/aromatic N) is 1. The third-order valence-electron chi connectivity index (χ3n) is 2.35. The second-order valence-corrected chi connectivity index (χ2v) is 3.66. The number of aliphatic hydroxyl groups excluding tert-OH is 1. The quantitative estimate of drug-likeness (QED) is 0.515. The number of benzene rings is 1. The van der Waals surface area contributed by atoms with Crippen LogP contribution in [0.1, 0.15) is 12.5 Å². The Bertz CT molecular complexity index is 380. The average Bonchev–Trinajstić information content (AvgIpc) is 2.42. The summed E-state index contributed by atoms with van der Waals surface area (Å²) in [4.78, 5) is 4.43. The van der Waals surface area contributed by atoms with E-state index in [1.165, 1.54) is 0 Å². The molecule has 1 aromatic rings. The molecule has 0 amide bonds. The fourth-order valence-electron chi connectivity index (χ4n) is 1.51. The van der Waals surface area contributed by atoms with Crippen molar-refractivity contribution in [2.24, 2.45) is 4.99 Å². The summed E-state index contributed by atoms with van der Waals surface area (Å²) in [7, 11) is 1.65. The van der Waals surface area contributed by atoms with E-state index >= 15 is 0 Å². The van der Waals surface area contributed by atoms with Gasteiger partial charge in [0.15, 0.2) is 5.96 Å². The Hall–Kier alpha value is -1.75. The Morgan fingerprint density at radius 2 is 2.11 bits per heavy atom. The lowest BCUT2D eigenvalue weighted by Crippen LogP contribution is -2.38. The second-order valence-electron chi connectivity index (χ2n) is 3.66. The summed E-state index contributed by atoms with van der Waals surface area (Å²) < 4.78 is 5.27. The molecule has 0 heterocycles. The molecule has 0 bridgehead atoms. The van der Waals surface area contributed by atoms with E-state index in [9.17, 15) is 0 Å². The van der Waals surface area contributed by atoms with Crippen molar-refractivity contribution in [3.05, 3.63) is 29.8 Å². The van der Waals surface area contributed by atoms with Gasteiger partial charge in [0.25, 0.3) is 0 Å². The van der Waals surface area contributed by atoms with Crippen molar-refractivity contribution in [2.75, 3.05) is 26.8 Å². The summed E-state index contributed by atoms with van der Waals surface area (Å²) in [5.41, 5.74) is 1.03. The maximum atomic E-state index is 8.79. The number of aliphatic hydroxyl groups is 1. The topological polar surface area (TPSA) is 65.9 Å². The van der Waals surface area contributed by atoms with Crippen LogP contribution in [0.3, 0.4) is 0 Å². The standard InChI is InChI=1S/C13H21N3O2/c1-3-14-13(15-8-9-17)16-10-11-6-4-5-7-12(11)18-2/h4-7,17H,3,8-10H2,1-2H3,(H2,14,15,16). The first kappa shape index (κ1) is 14.3. The van der Waals surface area contributed by atoms with Gasteiger partial charge in [-0.05, 0) is 13.0 Å². The van der Waals surface area contributed by atoms with Crippen LogP contribution in [0, 0.1) is 0 Å². The van der Waals surface area contributed by atoms with Crippen LogP contribution in [0.15, 0.2) is 29.3 Å². The van der Waals surface area contributed by atoms with Crippen molar-refractivity contribution in [1.29, 1.82) is 0 Å². The molecular weight excluding hydrogens is 230 g/mol. The van der Waals surface area contributed by atoms with Gasteiger partial charge in [-0.25, -0.2) is 4.99 Å². The molecule has 5 heteroatoms. The molecule has 3 N–H and O–H groups in total. The highest BCUT2D eigenvalue weighted by atomic mass is 16.5. The molecule has 0 spiro atoms. The number of para-hydroxylation sites is 1. The first-order chi connectivity index (χ1) is 8.81. The van der Waals surface area contributed by atoms with E-state index in [1.54, 1.807) is 7.11 Å². The van der Waals surface area contributed by atoms with Gasteiger partial charge in [0.05, 0.1) is 20.3 Å². The van der Waals surface area contributed by atoms with Crippen LogP contribution in [0.4, 0.5) is 0 Å². The summed E-state index contributed by atoms with van der Waals surface area (Å²) in [6.45, 7) is 3.88. The number of guanidine groups is 1. The van der Waals surface area contributed by atoms with Gasteiger partial charge in [0, 0.05) is 18.7 Å². The molecule has 5 nitrogen and oxygen atoms in total. The first-order valence-corrected chi connectivity index (χ1v) is 6.06. The Balaban J connectivity index is 2.68. The number of methoxy groups -OCH3 is 1. The van der Waals surface area contributed by atoms with Crippen molar-refractivity contribution >= 4 is 5.96 Å². The van der Waals surface area contributed by atoms with Gasteiger partial charge in [-0.15, -0.1) is 0 Å². The number of nitrogens with one attached hydrogen (secondary N) is 2. The molecule has 0 aliphatic rings. The average molecular weight is 251 g/mol.